The molecule has 1 unspecified atom stereocenters. The zero-order valence-corrected chi connectivity index (χ0v) is 31.3. The Bertz CT molecular complexity index is 1470. The van der Waals surface area contributed by atoms with Crippen LogP contribution in [0.15, 0.2) is 35.3 Å². The number of hydrogen-bond acceptors (Lipinski definition) is 11. The van der Waals surface area contributed by atoms with Gasteiger partial charge in [0.05, 0.1) is 32.1 Å². The number of aliphatic imine (C=N–C) groups is 1. The first kappa shape index (κ1) is 44.7. The van der Waals surface area contributed by atoms with E-state index in [1.807, 2.05) is 44.2 Å². The molecule has 0 saturated heterocycles. The van der Waals surface area contributed by atoms with Crippen molar-refractivity contribution < 1.29 is 52.7 Å². The van der Waals surface area contributed by atoms with E-state index < -0.39 is 80.3 Å². The van der Waals surface area contributed by atoms with Crippen molar-refractivity contribution in [2.24, 2.45) is 16.6 Å². The molecule has 2 rings (SSSR count). The van der Waals surface area contributed by atoms with Crippen LogP contribution in [0.5, 0.6) is 0 Å². The Morgan fingerprint density at radius 1 is 0.962 bits per heavy atom. The average Bonchev–Trinajstić information content (AvgIpc) is 3.59. The van der Waals surface area contributed by atoms with Gasteiger partial charge in [-0.25, -0.2) is 4.57 Å². The van der Waals surface area contributed by atoms with Crippen molar-refractivity contribution in [1.82, 2.24) is 31.5 Å². The highest BCUT2D eigenvalue weighted by molar-refractivity contribution is 7.46. The van der Waals surface area contributed by atoms with Crippen molar-refractivity contribution in [3.63, 3.8) is 0 Å². The molecule has 0 fully saturated rings. The third-order valence-electron chi connectivity index (χ3n) is 8.20. The number of aliphatic hydroxyl groups excluding tert-OH is 1. The van der Waals surface area contributed by atoms with Crippen LogP contribution in [0.2, 0.25) is 0 Å². The van der Waals surface area contributed by atoms with E-state index >= 15 is 0 Å². The molecular formula is C33H53N8O11P. The predicted octanol–water partition coefficient (Wildman–Crippen LogP) is -1.79. The van der Waals surface area contributed by atoms with Gasteiger partial charge >= 0.3 is 7.82 Å². The minimum absolute atomic E-state index is 0.0299. The number of aryl methyl sites for hydroxylation is 1. The van der Waals surface area contributed by atoms with Gasteiger partial charge < -0.3 is 52.1 Å². The SMILES string of the molecule is CC(=O)N(CCCCc1ccccc1)CC(=O)N[C@@H](CC(C)C)C(=O)N[C@@H](CC1CN=CN1)C(=O)N[C@@H](CO)C(=O)N[C@H](C(N)=O)[C@@H](C)OP(=O)(O)O. The lowest BCUT2D eigenvalue weighted by molar-refractivity contribution is -0.137. The minimum Gasteiger partial charge on any atom is -0.394 e. The second-order valence-corrected chi connectivity index (χ2v) is 14.4. The first-order chi connectivity index (χ1) is 24.9. The molecule has 0 aromatic heterocycles. The number of aliphatic hydroxyl groups is 1. The van der Waals surface area contributed by atoms with Crippen molar-refractivity contribution in [1.29, 1.82) is 0 Å². The molecule has 0 bridgehead atoms. The number of carbonyl (C=O) groups is 6. The molecule has 1 aromatic rings. The summed E-state index contributed by atoms with van der Waals surface area (Å²) in [6, 6.07) is 3.58. The lowest BCUT2D eigenvalue weighted by Gasteiger charge is -2.28. The molecule has 1 heterocycles. The fraction of sp³-hybridized carbons (Fsp3) is 0.606. The summed E-state index contributed by atoms with van der Waals surface area (Å²) < 4.78 is 15.7. The van der Waals surface area contributed by atoms with Crippen LogP contribution in [0.4, 0.5) is 0 Å². The molecular weight excluding hydrogens is 715 g/mol. The molecule has 19 nitrogen and oxygen atoms in total. The summed E-state index contributed by atoms with van der Waals surface area (Å²) in [5.74, 6) is -4.95. The van der Waals surface area contributed by atoms with Crippen LogP contribution in [0, 0.1) is 5.92 Å². The number of unbranched alkanes of at least 4 members (excludes halogenated alkanes) is 1. The number of hydrogen-bond donors (Lipinski definition) is 9. The van der Waals surface area contributed by atoms with Crippen molar-refractivity contribution in [2.45, 2.75) is 96.1 Å². The number of carbonyl (C=O) groups excluding carboxylic acids is 6. The zero-order chi connectivity index (χ0) is 39.7. The summed E-state index contributed by atoms with van der Waals surface area (Å²) in [4.78, 5) is 101. The molecule has 53 heavy (non-hydrogen) atoms. The Morgan fingerprint density at radius 2 is 1.58 bits per heavy atom. The van der Waals surface area contributed by atoms with Crippen molar-refractivity contribution in [3.05, 3.63) is 35.9 Å². The van der Waals surface area contributed by atoms with Crippen molar-refractivity contribution >= 4 is 49.6 Å². The molecule has 0 spiro atoms. The number of primary amides is 1. The fourth-order valence-corrected chi connectivity index (χ4v) is 6.03. The third kappa shape index (κ3) is 16.9. The highest BCUT2D eigenvalue weighted by Crippen LogP contribution is 2.38. The van der Waals surface area contributed by atoms with Gasteiger partial charge in [0.1, 0.15) is 24.2 Å². The van der Waals surface area contributed by atoms with Crippen LogP contribution >= 0.6 is 7.82 Å². The molecule has 20 heteroatoms. The van der Waals surface area contributed by atoms with Gasteiger partial charge in [0.15, 0.2) is 0 Å². The number of nitrogens with two attached hydrogens (primary N) is 1. The maximum absolute atomic E-state index is 13.7. The van der Waals surface area contributed by atoms with E-state index in [1.54, 1.807) is 0 Å². The largest absolute Gasteiger partial charge is 0.469 e. The number of nitrogens with zero attached hydrogens (tertiary/aromatic N) is 2. The molecule has 1 aliphatic heterocycles. The summed E-state index contributed by atoms with van der Waals surface area (Å²) >= 11 is 0. The van der Waals surface area contributed by atoms with Crippen LogP contribution in [-0.4, -0.2) is 124 Å². The number of phosphoric ester groups is 1. The molecule has 10 N–H and O–H groups in total. The van der Waals surface area contributed by atoms with Gasteiger partial charge in [-0.15, -0.1) is 0 Å². The Morgan fingerprint density at radius 3 is 2.13 bits per heavy atom. The molecule has 0 aliphatic carbocycles. The van der Waals surface area contributed by atoms with E-state index in [1.165, 1.54) is 18.2 Å². The summed E-state index contributed by atoms with van der Waals surface area (Å²) in [5, 5.41) is 22.6. The van der Waals surface area contributed by atoms with Crippen LogP contribution in [-0.2, 0) is 44.3 Å². The van der Waals surface area contributed by atoms with Crippen LogP contribution < -0.4 is 32.3 Å². The normalized spacial score (nSPS) is 16.7. The van der Waals surface area contributed by atoms with E-state index in [4.69, 9.17) is 15.5 Å². The molecule has 296 valence electrons. The topological polar surface area (TPSA) is 291 Å². The van der Waals surface area contributed by atoms with Gasteiger partial charge in [0.25, 0.3) is 0 Å². The quantitative estimate of drug-likeness (QED) is 0.0441. The van der Waals surface area contributed by atoms with Gasteiger partial charge in [0, 0.05) is 19.5 Å². The summed E-state index contributed by atoms with van der Waals surface area (Å²) in [5.41, 5.74) is 6.44. The first-order valence-corrected chi connectivity index (χ1v) is 18.8. The first-order valence-electron chi connectivity index (χ1n) is 17.3. The molecule has 0 saturated carbocycles. The molecule has 1 aliphatic rings. The van der Waals surface area contributed by atoms with E-state index in [0.29, 0.717) is 13.0 Å². The van der Waals surface area contributed by atoms with Crippen LogP contribution in [0.3, 0.4) is 0 Å². The minimum atomic E-state index is -5.09. The van der Waals surface area contributed by atoms with Crippen LogP contribution in [0.25, 0.3) is 0 Å². The predicted molar refractivity (Wildman–Crippen MR) is 193 cm³/mol. The number of benzene rings is 1. The van der Waals surface area contributed by atoms with E-state index in [0.717, 1.165) is 25.3 Å². The second kappa shape index (κ2) is 21.9. The van der Waals surface area contributed by atoms with Crippen molar-refractivity contribution in [2.75, 3.05) is 26.2 Å². The second-order valence-electron chi connectivity index (χ2n) is 13.2. The lowest BCUT2D eigenvalue weighted by Crippen LogP contribution is -2.61. The molecule has 0 radical (unpaired) electrons. The number of phosphoric acid groups is 1. The zero-order valence-electron chi connectivity index (χ0n) is 30.4. The Labute approximate surface area is 308 Å². The molecule has 6 amide bonds. The lowest BCUT2D eigenvalue weighted by atomic mass is 10.0. The average molecular weight is 769 g/mol. The highest BCUT2D eigenvalue weighted by Gasteiger charge is 2.35. The number of amides is 6. The standard InChI is InChI=1S/C33H53N8O11P/c1-20(2)14-25(37-28(44)17-41(22(4)43)13-9-8-12-23-10-6-5-7-11-23)31(46)38-26(15-24-16-35-19-36-24)32(47)39-27(18-42)33(48)40-29(30(34)45)21(3)52-53(49,50)51/h5-7,10-11,19-21,24-27,29,42H,8-9,12-18H2,1-4H3,(H2,34,45)(H,35,36)(H,37,44)(H,38,46)(H,39,47)(H,40,48)(H2,49,50,51)/t21-,24?,25+,26+,27+,29+/m1/s1. The number of nitrogens with one attached hydrogen (secondary N) is 5. The van der Waals surface area contributed by atoms with Gasteiger partial charge in [0.2, 0.25) is 35.4 Å². The van der Waals surface area contributed by atoms with Crippen LogP contribution in [0.1, 0.15) is 58.9 Å². The van der Waals surface area contributed by atoms with Gasteiger partial charge in [-0.1, -0.05) is 44.2 Å². The van der Waals surface area contributed by atoms with E-state index in [2.05, 4.69) is 36.1 Å². The maximum Gasteiger partial charge on any atom is 0.469 e. The Hall–Kier alpha value is -4.42. The Balaban J connectivity index is 2.13. The maximum atomic E-state index is 13.7. The fourth-order valence-electron chi connectivity index (χ4n) is 5.48. The number of rotatable bonds is 23. The summed E-state index contributed by atoms with van der Waals surface area (Å²) in [6.45, 7) is 5.43. The molecule has 6 atom stereocenters. The van der Waals surface area contributed by atoms with Gasteiger partial charge in [-0.05, 0) is 50.5 Å². The monoisotopic (exact) mass is 768 g/mol. The highest BCUT2D eigenvalue weighted by atomic mass is 31.2. The van der Waals surface area contributed by atoms with Gasteiger partial charge in [-0.2, -0.15) is 0 Å². The van der Waals surface area contributed by atoms with Gasteiger partial charge in [-0.3, -0.25) is 38.3 Å². The third-order valence-corrected chi connectivity index (χ3v) is 8.81. The van der Waals surface area contributed by atoms with Crippen molar-refractivity contribution in [3.8, 4) is 0 Å². The summed E-state index contributed by atoms with van der Waals surface area (Å²) in [6.07, 6.45) is 2.26. The van der Waals surface area contributed by atoms with E-state index in [9.17, 15) is 38.4 Å². The molecule has 1 aromatic carbocycles. The smallest absolute Gasteiger partial charge is 0.394 e. The Kier molecular flexibility index (Phi) is 18.5. The van der Waals surface area contributed by atoms with E-state index in [-0.39, 0.29) is 37.8 Å². The summed E-state index contributed by atoms with van der Waals surface area (Å²) in [7, 11) is -5.09.